The Hall–Kier alpha value is -2.35. The molecule has 1 heterocycles. The number of nitrogens with one attached hydrogen (secondary N) is 2. The fraction of sp³-hybridized carbons (Fsp3) is 0.565. The van der Waals surface area contributed by atoms with Gasteiger partial charge >= 0.3 is 6.03 Å². The molecule has 4 bridgehead atoms. The summed E-state index contributed by atoms with van der Waals surface area (Å²) in [5.74, 6) is 2.78. The second kappa shape index (κ2) is 7.97. The Bertz CT molecular complexity index is 982. The maximum Gasteiger partial charge on any atom is 0.321 e. The van der Waals surface area contributed by atoms with Crippen molar-refractivity contribution in [3.8, 4) is 5.69 Å². The molecular weight excluding hydrogens is 410 g/mol. The van der Waals surface area contributed by atoms with E-state index in [1.807, 2.05) is 36.6 Å². The summed E-state index contributed by atoms with van der Waals surface area (Å²) >= 11 is 1.29. The fourth-order valence-corrected chi connectivity index (χ4v) is 7.13. The Balaban J connectivity index is 1.18. The summed E-state index contributed by atoms with van der Waals surface area (Å²) in [5, 5.41) is 14.7. The van der Waals surface area contributed by atoms with E-state index in [9.17, 15) is 9.59 Å². The molecule has 0 aliphatic heterocycles. The maximum atomic E-state index is 12.6. The highest BCUT2D eigenvalue weighted by atomic mass is 32.2. The van der Waals surface area contributed by atoms with Crippen LogP contribution in [0.4, 0.5) is 4.79 Å². The van der Waals surface area contributed by atoms with Crippen LogP contribution in [0, 0.1) is 31.6 Å². The number of rotatable bonds is 5. The van der Waals surface area contributed by atoms with Crippen LogP contribution in [0.3, 0.4) is 0 Å². The van der Waals surface area contributed by atoms with Crippen LogP contribution in [0.5, 0.6) is 0 Å². The van der Waals surface area contributed by atoms with Crippen LogP contribution in [0.15, 0.2) is 29.4 Å². The Morgan fingerprint density at radius 3 is 2.42 bits per heavy atom. The summed E-state index contributed by atoms with van der Waals surface area (Å²) in [6.07, 6.45) is 7.15. The summed E-state index contributed by atoms with van der Waals surface area (Å²) < 4.78 is 1.93. The molecule has 1 aromatic heterocycles. The zero-order valence-electron chi connectivity index (χ0n) is 18.1. The van der Waals surface area contributed by atoms with Crippen molar-refractivity contribution in [2.75, 3.05) is 5.75 Å². The minimum absolute atomic E-state index is 0.102. The summed E-state index contributed by atoms with van der Waals surface area (Å²) in [7, 11) is 0. The molecular formula is C23H29N5O2S. The minimum Gasteiger partial charge on any atom is -0.332 e. The molecule has 1 aromatic carbocycles. The molecule has 0 radical (unpaired) electrons. The van der Waals surface area contributed by atoms with E-state index in [0.29, 0.717) is 5.16 Å². The number of aromatic nitrogens is 3. The lowest BCUT2D eigenvalue weighted by Crippen LogP contribution is -2.61. The normalized spacial score (nSPS) is 28.5. The van der Waals surface area contributed by atoms with Gasteiger partial charge in [-0.15, -0.1) is 10.2 Å². The van der Waals surface area contributed by atoms with Crippen LogP contribution < -0.4 is 10.6 Å². The third-order valence-corrected chi connectivity index (χ3v) is 7.99. The van der Waals surface area contributed by atoms with Gasteiger partial charge in [-0.2, -0.15) is 0 Å². The van der Waals surface area contributed by atoms with Crippen LogP contribution in [0.1, 0.15) is 49.9 Å². The van der Waals surface area contributed by atoms with Crippen molar-refractivity contribution < 1.29 is 9.59 Å². The van der Waals surface area contributed by atoms with Gasteiger partial charge in [-0.25, -0.2) is 4.79 Å². The van der Waals surface area contributed by atoms with Gasteiger partial charge in [0.2, 0.25) is 5.91 Å². The molecule has 0 unspecified atom stereocenters. The topological polar surface area (TPSA) is 88.9 Å². The van der Waals surface area contributed by atoms with Crippen molar-refractivity contribution in [1.29, 1.82) is 0 Å². The minimum atomic E-state index is -0.358. The molecule has 2 aromatic rings. The molecule has 0 atom stereocenters. The number of hydrogen-bond acceptors (Lipinski definition) is 5. The van der Waals surface area contributed by atoms with Gasteiger partial charge in [-0.3, -0.25) is 14.7 Å². The molecule has 4 fully saturated rings. The molecule has 6 rings (SSSR count). The first kappa shape index (κ1) is 20.5. The SMILES string of the molecule is Cc1cccc(-n2c(C)nnc2SCC(=O)NC(=O)NC23CC4CC(CC(C4)C2)C3)c1. The van der Waals surface area contributed by atoms with Gasteiger partial charge in [0.15, 0.2) is 5.16 Å². The van der Waals surface area contributed by atoms with Gasteiger partial charge in [-0.1, -0.05) is 23.9 Å². The zero-order chi connectivity index (χ0) is 21.6. The van der Waals surface area contributed by atoms with Crippen LogP contribution >= 0.6 is 11.8 Å². The Morgan fingerprint density at radius 1 is 1.10 bits per heavy atom. The number of nitrogens with zero attached hydrogens (tertiary/aromatic N) is 3. The molecule has 0 spiro atoms. The van der Waals surface area contributed by atoms with Crippen LogP contribution in [0.2, 0.25) is 0 Å². The van der Waals surface area contributed by atoms with Crippen molar-refractivity contribution in [1.82, 2.24) is 25.4 Å². The number of urea groups is 1. The smallest absolute Gasteiger partial charge is 0.321 e. The maximum absolute atomic E-state index is 12.6. The van der Waals surface area contributed by atoms with Crippen LogP contribution in [-0.4, -0.2) is 38.0 Å². The van der Waals surface area contributed by atoms with Crippen molar-refractivity contribution >= 4 is 23.7 Å². The molecule has 2 N–H and O–H groups in total. The predicted molar refractivity (Wildman–Crippen MR) is 119 cm³/mol. The molecule has 4 saturated carbocycles. The molecule has 8 heteroatoms. The molecule has 7 nitrogen and oxygen atoms in total. The number of imide groups is 1. The van der Waals surface area contributed by atoms with Crippen molar-refractivity contribution in [3.05, 3.63) is 35.7 Å². The summed E-state index contributed by atoms with van der Waals surface area (Å²) in [6.45, 7) is 3.92. The predicted octanol–water partition coefficient (Wildman–Crippen LogP) is 3.77. The van der Waals surface area contributed by atoms with Gasteiger partial charge in [0.25, 0.3) is 0 Å². The first-order valence-corrected chi connectivity index (χ1v) is 12.1. The first-order valence-electron chi connectivity index (χ1n) is 11.1. The third-order valence-electron chi connectivity index (χ3n) is 7.06. The summed E-state index contributed by atoms with van der Waals surface area (Å²) in [5.41, 5.74) is 2.00. The lowest BCUT2D eigenvalue weighted by Gasteiger charge is -2.56. The van der Waals surface area contributed by atoms with Gasteiger partial charge in [0.05, 0.1) is 5.75 Å². The van der Waals surface area contributed by atoms with Crippen molar-refractivity contribution in [2.45, 2.75) is 63.1 Å². The number of aryl methyl sites for hydroxylation is 2. The lowest BCUT2D eigenvalue weighted by atomic mass is 9.53. The van der Waals surface area contributed by atoms with E-state index in [1.165, 1.54) is 31.0 Å². The number of amides is 3. The Morgan fingerprint density at radius 2 is 1.77 bits per heavy atom. The molecule has 4 aliphatic carbocycles. The van der Waals surface area contributed by atoms with E-state index in [0.717, 1.165) is 54.1 Å². The van der Waals surface area contributed by atoms with E-state index >= 15 is 0 Å². The number of hydrogen-bond donors (Lipinski definition) is 2. The van der Waals surface area contributed by atoms with E-state index < -0.39 is 0 Å². The van der Waals surface area contributed by atoms with Crippen molar-refractivity contribution in [3.63, 3.8) is 0 Å². The number of benzene rings is 1. The van der Waals surface area contributed by atoms with E-state index in [-0.39, 0.29) is 23.2 Å². The average molecular weight is 440 g/mol. The highest BCUT2D eigenvalue weighted by molar-refractivity contribution is 7.99. The van der Waals surface area contributed by atoms with Crippen LogP contribution in [-0.2, 0) is 4.79 Å². The highest BCUT2D eigenvalue weighted by Gasteiger charge is 2.51. The van der Waals surface area contributed by atoms with E-state index in [1.54, 1.807) is 0 Å². The second-order valence-electron chi connectivity index (χ2n) is 9.69. The van der Waals surface area contributed by atoms with E-state index in [4.69, 9.17) is 0 Å². The fourth-order valence-electron chi connectivity index (χ4n) is 6.33. The highest BCUT2D eigenvalue weighted by Crippen LogP contribution is 2.55. The second-order valence-corrected chi connectivity index (χ2v) is 10.6. The quantitative estimate of drug-likeness (QED) is 0.693. The van der Waals surface area contributed by atoms with E-state index in [2.05, 4.69) is 26.9 Å². The average Bonchev–Trinajstić information content (AvgIpc) is 3.05. The Labute approximate surface area is 186 Å². The standard InChI is InChI=1S/C23H29N5O2S/c1-14-4-3-5-19(6-14)28-15(2)26-27-22(28)31-13-20(29)24-21(30)25-23-10-16-7-17(11-23)9-18(8-16)12-23/h3-6,16-18H,7-13H2,1-2H3,(H2,24,25,29,30). The van der Waals surface area contributed by atoms with Gasteiger partial charge < -0.3 is 5.32 Å². The molecule has 31 heavy (non-hydrogen) atoms. The number of thioether (sulfide) groups is 1. The number of carbonyl (C=O) groups is 2. The number of carbonyl (C=O) groups excluding carboxylic acids is 2. The Kier molecular flexibility index (Phi) is 5.28. The van der Waals surface area contributed by atoms with Crippen molar-refractivity contribution in [2.24, 2.45) is 17.8 Å². The third kappa shape index (κ3) is 4.22. The lowest BCUT2D eigenvalue weighted by molar-refractivity contribution is -0.117. The zero-order valence-corrected chi connectivity index (χ0v) is 18.9. The van der Waals surface area contributed by atoms with Gasteiger partial charge in [0.1, 0.15) is 5.82 Å². The van der Waals surface area contributed by atoms with Gasteiger partial charge in [0, 0.05) is 11.2 Å². The molecule has 4 aliphatic rings. The molecule has 0 saturated heterocycles. The summed E-state index contributed by atoms with van der Waals surface area (Å²) in [4.78, 5) is 25.1. The summed E-state index contributed by atoms with van der Waals surface area (Å²) in [6, 6.07) is 7.71. The molecule has 3 amide bonds. The van der Waals surface area contributed by atoms with Crippen LogP contribution in [0.25, 0.3) is 5.69 Å². The van der Waals surface area contributed by atoms with Gasteiger partial charge in [-0.05, 0) is 87.8 Å². The largest absolute Gasteiger partial charge is 0.332 e. The monoisotopic (exact) mass is 439 g/mol. The molecule has 164 valence electrons. The first-order chi connectivity index (χ1) is 14.9.